The summed E-state index contributed by atoms with van der Waals surface area (Å²) in [6.07, 6.45) is -10.7. The van der Waals surface area contributed by atoms with Gasteiger partial charge in [0, 0.05) is 17.5 Å². The first kappa shape index (κ1) is 23.9. The van der Waals surface area contributed by atoms with Crippen LogP contribution in [0.1, 0.15) is 24.3 Å². The monoisotopic (exact) mass is 446 g/mol. The summed E-state index contributed by atoms with van der Waals surface area (Å²) in [4.78, 5) is 15.1. The minimum atomic E-state index is -5.11. The zero-order valence-corrected chi connectivity index (χ0v) is 15.9. The third-order valence-electron chi connectivity index (χ3n) is 4.05. The Morgan fingerprint density at radius 2 is 1.84 bits per heavy atom. The molecule has 0 saturated heterocycles. The Bertz CT molecular complexity index is 1100. The molecule has 1 aromatic carbocycles. The summed E-state index contributed by atoms with van der Waals surface area (Å²) in [5.74, 6) is -0.887. The van der Waals surface area contributed by atoms with Gasteiger partial charge in [-0.2, -0.15) is 26.3 Å². The lowest BCUT2D eigenvalue weighted by Crippen LogP contribution is -2.25. The first-order valence-electron chi connectivity index (χ1n) is 8.52. The van der Waals surface area contributed by atoms with Gasteiger partial charge >= 0.3 is 12.4 Å². The Labute approximate surface area is 171 Å². The maximum absolute atomic E-state index is 13.0. The van der Waals surface area contributed by atoms with E-state index in [1.165, 1.54) is 31.2 Å². The van der Waals surface area contributed by atoms with Gasteiger partial charge in [0.25, 0.3) is 0 Å². The van der Waals surface area contributed by atoms with Crippen molar-refractivity contribution in [2.45, 2.75) is 25.4 Å². The molecule has 1 atom stereocenters. The van der Waals surface area contributed by atoms with Gasteiger partial charge in [-0.15, -0.1) is 0 Å². The highest BCUT2D eigenvalue weighted by Gasteiger charge is 2.41. The lowest BCUT2D eigenvalue weighted by atomic mass is 10.1. The number of hydrogen-bond acceptors (Lipinski definition) is 4. The molecule has 2 N–H and O–H groups in total. The van der Waals surface area contributed by atoms with E-state index in [-0.39, 0.29) is 17.0 Å². The molecule has 1 heterocycles. The van der Waals surface area contributed by atoms with Crippen LogP contribution >= 0.6 is 0 Å². The molecule has 0 bridgehead atoms. The molecule has 0 amide bonds. The summed E-state index contributed by atoms with van der Waals surface area (Å²) in [5.41, 5.74) is -3.34. The van der Waals surface area contributed by atoms with Crippen LogP contribution in [0.2, 0.25) is 0 Å². The average Bonchev–Trinajstić information content (AvgIpc) is 2.67. The molecule has 1 unspecified atom stereocenters. The Balaban J connectivity index is 2.64. The normalized spacial score (nSPS) is 14.5. The number of halogens is 6. The fraction of sp³-hybridized carbons (Fsp3) is 0.200. The Morgan fingerprint density at radius 3 is 2.39 bits per heavy atom. The van der Waals surface area contributed by atoms with Crippen LogP contribution in [0.5, 0.6) is 5.75 Å². The molecule has 31 heavy (non-hydrogen) atoms. The van der Waals surface area contributed by atoms with Crippen LogP contribution in [-0.4, -0.2) is 32.8 Å². The summed E-state index contributed by atoms with van der Waals surface area (Å²) in [7, 11) is 0. The largest absolute Gasteiger partial charge is 0.503 e. The topological polar surface area (TPSA) is 74.8 Å². The van der Waals surface area contributed by atoms with Crippen LogP contribution in [0.4, 0.5) is 26.3 Å². The summed E-state index contributed by atoms with van der Waals surface area (Å²) >= 11 is 0. The highest BCUT2D eigenvalue weighted by molar-refractivity contribution is 5.99. The number of aliphatic imine (C=N–C) groups is 1. The SMILES string of the molecule is C=C/C=C(\N=C(C)c1cccc(-n2cc(O)c(=O)cc2C(O)C(F)(F)F)c1)C(F)(F)F. The van der Waals surface area contributed by atoms with E-state index in [0.717, 1.165) is 10.6 Å². The van der Waals surface area contributed by atoms with E-state index in [1.807, 2.05) is 0 Å². The van der Waals surface area contributed by atoms with Crippen LogP contribution in [0.15, 0.2) is 70.7 Å². The molecular weight excluding hydrogens is 430 g/mol. The van der Waals surface area contributed by atoms with Crippen molar-refractivity contribution in [1.82, 2.24) is 4.57 Å². The number of nitrogens with zero attached hydrogens (tertiary/aromatic N) is 2. The van der Waals surface area contributed by atoms with Crippen molar-refractivity contribution in [3.05, 3.63) is 82.4 Å². The van der Waals surface area contributed by atoms with Gasteiger partial charge in [0.15, 0.2) is 11.9 Å². The number of aliphatic hydroxyl groups is 1. The zero-order chi connectivity index (χ0) is 23.6. The molecule has 5 nitrogen and oxygen atoms in total. The fourth-order valence-corrected chi connectivity index (χ4v) is 2.57. The fourth-order valence-electron chi connectivity index (χ4n) is 2.57. The first-order valence-corrected chi connectivity index (χ1v) is 8.52. The summed E-state index contributed by atoms with van der Waals surface area (Å²) < 4.78 is 78.9. The van der Waals surface area contributed by atoms with Crippen molar-refractivity contribution in [3.8, 4) is 11.4 Å². The van der Waals surface area contributed by atoms with E-state index >= 15 is 0 Å². The van der Waals surface area contributed by atoms with Crippen LogP contribution in [-0.2, 0) is 0 Å². The van der Waals surface area contributed by atoms with Crippen molar-refractivity contribution >= 4 is 5.71 Å². The van der Waals surface area contributed by atoms with Crippen LogP contribution in [0.3, 0.4) is 0 Å². The lowest BCUT2D eigenvalue weighted by molar-refractivity contribution is -0.208. The predicted octanol–water partition coefficient (Wildman–Crippen LogP) is 4.58. The third kappa shape index (κ3) is 5.63. The van der Waals surface area contributed by atoms with Gasteiger partial charge in [0.1, 0.15) is 5.70 Å². The van der Waals surface area contributed by atoms with Crippen LogP contribution in [0, 0.1) is 0 Å². The maximum atomic E-state index is 13.0. The molecule has 0 radical (unpaired) electrons. The maximum Gasteiger partial charge on any atom is 0.433 e. The summed E-state index contributed by atoms with van der Waals surface area (Å²) in [5, 5.41) is 19.3. The van der Waals surface area contributed by atoms with E-state index < -0.39 is 41.0 Å². The summed E-state index contributed by atoms with van der Waals surface area (Å²) in [6, 6.07) is 5.59. The van der Waals surface area contributed by atoms with Gasteiger partial charge < -0.3 is 14.8 Å². The first-order chi connectivity index (χ1) is 14.3. The quantitative estimate of drug-likeness (QED) is 0.401. The van der Waals surface area contributed by atoms with Crippen molar-refractivity contribution in [1.29, 1.82) is 0 Å². The Hall–Kier alpha value is -3.34. The molecule has 0 aliphatic carbocycles. The molecule has 166 valence electrons. The number of rotatable bonds is 5. The molecule has 0 aliphatic rings. The highest BCUT2D eigenvalue weighted by atomic mass is 19.4. The lowest BCUT2D eigenvalue weighted by Gasteiger charge is -2.21. The summed E-state index contributed by atoms with van der Waals surface area (Å²) in [6.45, 7) is 4.46. The van der Waals surface area contributed by atoms with E-state index in [4.69, 9.17) is 0 Å². The number of hydrogen-bond donors (Lipinski definition) is 2. The molecule has 2 aromatic rings. The number of aromatic hydroxyl groups is 1. The zero-order valence-electron chi connectivity index (χ0n) is 15.9. The number of benzene rings is 1. The van der Waals surface area contributed by atoms with Crippen molar-refractivity contribution in [2.75, 3.05) is 0 Å². The van der Waals surface area contributed by atoms with Crippen molar-refractivity contribution < 1.29 is 36.6 Å². The van der Waals surface area contributed by atoms with Crippen molar-refractivity contribution in [3.63, 3.8) is 0 Å². The van der Waals surface area contributed by atoms with Gasteiger partial charge in [0.2, 0.25) is 5.43 Å². The van der Waals surface area contributed by atoms with Crippen LogP contribution < -0.4 is 5.43 Å². The molecule has 0 saturated carbocycles. The van der Waals surface area contributed by atoms with Gasteiger partial charge in [-0.1, -0.05) is 24.8 Å². The second kappa shape index (κ2) is 8.80. The second-order valence-corrected chi connectivity index (χ2v) is 6.29. The molecule has 2 rings (SSSR count). The number of allylic oxidation sites excluding steroid dienone is 3. The molecule has 1 aromatic heterocycles. The van der Waals surface area contributed by atoms with E-state index in [0.29, 0.717) is 18.3 Å². The average molecular weight is 446 g/mol. The molecule has 11 heteroatoms. The number of aromatic nitrogens is 1. The van der Waals surface area contributed by atoms with E-state index in [2.05, 4.69) is 11.6 Å². The van der Waals surface area contributed by atoms with Crippen LogP contribution in [0.25, 0.3) is 5.69 Å². The Kier molecular flexibility index (Phi) is 6.80. The standard InChI is InChI=1S/C20H16F6N2O3/c1-3-5-17(19(21,22)23)27-11(2)12-6-4-7-13(8-12)28-10-16(30)15(29)9-14(28)18(31)20(24,25)26/h3-10,18,30-31H,1H2,2H3/b17-5-,27-11?. The van der Waals surface area contributed by atoms with Crippen molar-refractivity contribution in [2.24, 2.45) is 4.99 Å². The number of alkyl halides is 6. The van der Waals surface area contributed by atoms with Gasteiger partial charge in [-0.3, -0.25) is 4.79 Å². The molecule has 0 fully saturated rings. The predicted molar refractivity (Wildman–Crippen MR) is 101 cm³/mol. The number of aliphatic hydroxyl groups excluding tert-OH is 1. The minimum absolute atomic E-state index is 0.0677. The Morgan fingerprint density at radius 1 is 1.19 bits per heavy atom. The molecule has 0 aliphatic heterocycles. The third-order valence-corrected chi connectivity index (χ3v) is 4.05. The molecular formula is C20H16F6N2O3. The van der Waals surface area contributed by atoms with Gasteiger partial charge in [0.05, 0.1) is 11.9 Å². The number of pyridine rings is 1. The van der Waals surface area contributed by atoms with Gasteiger partial charge in [-0.25, -0.2) is 4.99 Å². The highest BCUT2D eigenvalue weighted by Crippen LogP contribution is 2.33. The minimum Gasteiger partial charge on any atom is -0.503 e. The second-order valence-electron chi connectivity index (χ2n) is 6.29. The van der Waals surface area contributed by atoms with E-state index in [9.17, 15) is 41.4 Å². The molecule has 0 spiro atoms. The van der Waals surface area contributed by atoms with E-state index in [1.54, 1.807) is 0 Å². The van der Waals surface area contributed by atoms with Gasteiger partial charge in [-0.05, 0) is 30.7 Å². The smallest absolute Gasteiger partial charge is 0.433 e.